The quantitative estimate of drug-likeness (QED) is 0.404. The normalized spacial score (nSPS) is 10.1. The third-order valence-corrected chi connectivity index (χ3v) is 2.02. The van der Waals surface area contributed by atoms with E-state index in [-0.39, 0.29) is 0 Å². The lowest BCUT2D eigenvalue weighted by Gasteiger charge is -1.93. The number of aryl methyl sites for hydroxylation is 1. The Bertz CT molecular complexity index is 507. The van der Waals surface area contributed by atoms with Crippen LogP contribution in [0.3, 0.4) is 0 Å². The second-order valence-corrected chi connectivity index (χ2v) is 3.04. The minimum Gasteiger partial charge on any atom is -0.307 e. The summed E-state index contributed by atoms with van der Waals surface area (Å²) >= 11 is 0. The molecule has 0 aliphatic rings. The van der Waals surface area contributed by atoms with Gasteiger partial charge in [0.1, 0.15) is 5.65 Å². The van der Waals surface area contributed by atoms with Crippen LogP contribution >= 0.6 is 0 Å². The summed E-state index contributed by atoms with van der Waals surface area (Å²) in [6.45, 7) is 2.30. The maximum Gasteiger partial charge on any atom is 0.139 e. The predicted octanol–water partition coefficient (Wildman–Crippen LogP) is 2.45. The molecule has 2 heterocycles. The third kappa shape index (κ3) is 1.41. The van der Waals surface area contributed by atoms with E-state index in [0.29, 0.717) is 6.54 Å². The zero-order valence-electron chi connectivity index (χ0n) is 7.75. The molecule has 0 radical (unpaired) electrons. The van der Waals surface area contributed by atoms with Gasteiger partial charge in [-0.1, -0.05) is 11.2 Å². The van der Waals surface area contributed by atoms with Gasteiger partial charge >= 0.3 is 0 Å². The van der Waals surface area contributed by atoms with E-state index in [4.69, 9.17) is 5.53 Å². The summed E-state index contributed by atoms with van der Waals surface area (Å²) in [6, 6.07) is 3.96. The topological polar surface area (TPSA) is 66.1 Å². The van der Waals surface area contributed by atoms with Crippen molar-refractivity contribution in [1.29, 1.82) is 0 Å². The van der Waals surface area contributed by atoms with Crippen molar-refractivity contribution in [3.8, 4) is 0 Å². The highest BCUT2D eigenvalue weighted by Crippen LogP contribution is 2.10. The van der Waals surface area contributed by atoms with Gasteiger partial charge in [-0.3, -0.25) is 0 Å². The third-order valence-electron chi connectivity index (χ3n) is 2.02. The molecular weight excluding hydrogens is 178 g/mol. The summed E-state index contributed by atoms with van der Waals surface area (Å²) in [5, 5.41) is 3.47. The number of imidazole rings is 1. The number of aromatic nitrogens is 2. The minimum absolute atomic E-state index is 0.303. The Labute approximate surface area is 80.6 Å². The van der Waals surface area contributed by atoms with Gasteiger partial charge in [-0.2, -0.15) is 0 Å². The van der Waals surface area contributed by atoms with E-state index in [1.54, 1.807) is 0 Å². The minimum atomic E-state index is 0.303. The molecule has 0 aliphatic carbocycles. The van der Waals surface area contributed by atoms with Gasteiger partial charge < -0.3 is 4.40 Å². The monoisotopic (exact) mass is 187 g/mol. The molecule has 0 amide bonds. The average Bonchev–Trinajstić information content (AvgIpc) is 2.59. The fraction of sp³-hybridized carbons (Fsp3) is 0.222. The Morgan fingerprint density at radius 1 is 1.64 bits per heavy atom. The second-order valence-electron chi connectivity index (χ2n) is 3.04. The van der Waals surface area contributed by atoms with E-state index in [2.05, 4.69) is 15.0 Å². The molecular formula is C9H9N5. The summed E-state index contributed by atoms with van der Waals surface area (Å²) in [6.07, 6.45) is 3.80. The molecule has 0 aliphatic heterocycles. The Hall–Kier alpha value is -2.00. The van der Waals surface area contributed by atoms with Gasteiger partial charge in [-0.25, -0.2) is 4.98 Å². The van der Waals surface area contributed by atoms with Crippen LogP contribution in [0, 0.1) is 6.92 Å². The van der Waals surface area contributed by atoms with E-state index in [9.17, 15) is 0 Å². The molecule has 2 aromatic rings. The van der Waals surface area contributed by atoms with Crippen molar-refractivity contribution in [1.82, 2.24) is 9.38 Å². The van der Waals surface area contributed by atoms with Crippen LogP contribution in [0.15, 0.2) is 29.6 Å². The van der Waals surface area contributed by atoms with Crippen LogP contribution in [-0.2, 0) is 6.54 Å². The van der Waals surface area contributed by atoms with Crippen molar-refractivity contribution in [2.75, 3.05) is 0 Å². The lowest BCUT2D eigenvalue weighted by Crippen LogP contribution is -1.84. The molecule has 5 nitrogen and oxygen atoms in total. The first-order chi connectivity index (χ1) is 6.81. The van der Waals surface area contributed by atoms with Crippen molar-refractivity contribution in [2.45, 2.75) is 13.5 Å². The van der Waals surface area contributed by atoms with Crippen molar-refractivity contribution in [2.24, 2.45) is 5.11 Å². The fourth-order valence-electron chi connectivity index (χ4n) is 1.38. The Morgan fingerprint density at radius 3 is 3.21 bits per heavy atom. The van der Waals surface area contributed by atoms with Crippen LogP contribution < -0.4 is 0 Å². The molecule has 0 N–H and O–H groups in total. The molecule has 70 valence electrons. The smallest absolute Gasteiger partial charge is 0.139 e. The summed E-state index contributed by atoms with van der Waals surface area (Å²) < 4.78 is 1.93. The predicted molar refractivity (Wildman–Crippen MR) is 52.8 cm³/mol. The molecule has 0 fully saturated rings. The summed E-state index contributed by atoms with van der Waals surface area (Å²) in [4.78, 5) is 7.05. The molecule has 0 bridgehead atoms. The summed E-state index contributed by atoms with van der Waals surface area (Å²) in [5.74, 6) is 0. The number of hydrogen-bond donors (Lipinski definition) is 0. The number of azide groups is 1. The van der Waals surface area contributed by atoms with Crippen LogP contribution in [0.25, 0.3) is 16.1 Å². The van der Waals surface area contributed by atoms with Crippen LogP contribution in [0.1, 0.15) is 11.3 Å². The molecule has 0 spiro atoms. The number of rotatable bonds is 2. The van der Waals surface area contributed by atoms with Gasteiger partial charge in [0.05, 0.1) is 12.2 Å². The zero-order valence-corrected chi connectivity index (χ0v) is 7.75. The average molecular weight is 187 g/mol. The van der Waals surface area contributed by atoms with Crippen molar-refractivity contribution in [3.05, 3.63) is 46.2 Å². The molecule has 0 atom stereocenters. The standard InChI is InChI=1S/C9H9N5/c1-7-3-2-4-14-6-8(5-11-13-10)12-9(7)14/h2-4,6H,5H2,1H3. The van der Waals surface area contributed by atoms with E-state index in [1.165, 1.54) is 0 Å². The number of pyridine rings is 1. The SMILES string of the molecule is Cc1cccn2cc(CN=[N+]=[N-])nc12. The first kappa shape index (κ1) is 8.59. The number of nitrogens with zero attached hydrogens (tertiary/aromatic N) is 5. The Kier molecular flexibility index (Phi) is 2.08. The molecule has 0 aromatic carbocycles. The van der Waals surface area contributed by atoms with Gasteiger partial charge in [-0.05, 0) is 24.1 Å². The van der Waals surface area contributed by atoms with Crippen LogP contribution in [0.2, 0.25) is 0 Å². The highest BCUT2D eigenvalue weighted by molar-refractivity contribution is 5.47. The molecule has 2 aromatic heterocycles. The van der Waals surface area contributed by atoms with E-state index in [1.807, 2.05) is 35.9 Å². The van der Waals surface area contributed by atoms with Crippen molar-refractivity contribution >= 4 is 5.65 Å². The first-order valence-electron chi connectivity index (χ1n) is 4.25. The van der Waals surface area contributed by atoms with Crippen molar-refractivity contribution in [3.63, 3.8) is 0 Å². The highest BCUT2D eigenvalue weighted by Gasteiger charge is 2.01. The van der Waals surface area contributed by atoms with Gasteiger partial charge in [-0.15, -0.1) is 0 Å². The van der Waals surface area contributed by atoms with Crippen LogP contribution in [0.5, 0.6) is 0 Å². The van der Waals surface area contributed by atoms with E-state index < -0.39 is 0 Å². The lowest BCUT2D eigenvalue weighted by molar-refractivity contribution is 0.997. The largest absolute Gasteiger partial charge is 0.307 e. The highest BCUT2D eigenvalue weighted by atomic mass is 15.1. The van der Waals surface area contributed by atoms with E-state index >= 15 is 0 Å². The van der Waals surface area contributed by atoms with Gasteiger partial charge in [0.2, 0.25) is 0 Å². The van der Waals surface area contributed by atoms with E-state index in [0.717, 1.165) is 16.9 Å². The molecule has 0 unspecified atom stereocenters. The van der Waals surface area contributed by atoms with Crippen LogP contribution in [0.4, 0.5) is 0 Å². The lowest BCUT2D eigenvalue weighted by atomic mass is 10.3. The maximum absolute atomic E-state index is 8.18. The first-order valence-corrected chi connectivity index (χ1v) is 4.25. The molecule has 2 rings (SSSR count). The number of fused-ring (bicyclic) bond motifs is 1. The molecule has 5 heteroatoms. The van der Waals surface area contributed by atoms with Gasteiger partial charge in [0.25, 0.3) is 0 Å². The summed E-state index contributed by atoms with van der Waals surface area (Å²) in [5.41, 5.74) is 11.0. The Balaban J connectivity index is 2.51. The molecule has 0 saturated heterocycles. The van der Waals surface area contributed by atoms with Crippen LogP contribution in [-0.4, -0.2) is 9.38 Å². The van der Waals surface area contributed by atoms with Gasteiger partial charge in [0, 0.05) is 17.3 Å². The maximum atomic E-state index is 8.18. The zero-order chi connectivity index (χ0) is 9.97. The molecule has 14 heavy (non-hydrogen) atoms. The van der Waals surface area contributed by atoms with Gasteiger partial charge in [0.15, 0.2) is 0 Å². The van der Waals surface area contributed by atoms with Crippen molar-refractivity contribution < 1.29 is 0 Å². The fourth-order valence-corrected chi connectivity index (χ4v) is 1.38. The molecule has 0 saturated carbocycles. The number of hydrogen-bond acceptors (Lipinski definition) is 2. The Morgan fingerprint density at radius 2 is 2.50 bits per heavy atom. The second kappa shape index (κ2) is 3.40. The summed E-state index contributed by atoms with van der Waals surface area (Å²) in [7, 11) is 0.